The summed E-state index contributed by atoms with van der Waals surface area (Å²) in [5.74, 6) is 2.25. The molecule has 1 heterocycles. The zero-order chi connectivity index (χ0) is 12.4. The Balaban J connectivity index is 1.47. The molecule has 3 nitrogen and oxygen atoms in total. The fourth-order valence-electron chi connectivity index (χ4n) is 4.23. The highest BCUT2D eigenvalue weighted by atomic mass is 16.1. The van der Waals surface area contributed by atoms with Crippen LogP contribution in [0.4, 0.5) is 0 Å². The molecular formula is C15H26N2O. The van der Waals surface area contributed by atoms with Crippen LogP contribution < -0.4 is 10.6 Å². The van der Waals surface area contributed by atoms with Crippen LogP contribution in [0.1, 0.15) is 57.8 Å². The molecule has 2 aliphatic carbocycles. The van der Waals surface area contributed by atoms with Crippen LogP contribution in [0, 0.1) is 11.8 Å². The SMILES string of the molecule is O=C1CCC(NC2CCC3CCCCC3C2)CN1. The summed E-state index contributed by atoms with van der Waals surface area (Å²) in [7, 11) is 0. The van der Waals surface area contributed by atoms with E-state index in [1.807, 2.05) is 0 Å². The van der Waals surface area contributed by atoms with Crippen LogP contribution >= 0.6 is 0 Å². The normalized spacial score (nSPS) is 41.0. The lowest BCUT2D eigenvalue weighted by Crippen LogP contribution is -2.51. The molecule has 3 fully saturated rings. The van der Waals surface area contributed by atoms with Gasteiger partial charge >= 0.3 is 0 Å². The lowest BCUT2D eigenvalue weighted by atomic mass is 9.69. The number of amides is 1. The number of hydrogen-bond donors (Lipinski definition) is 2. The molecule has 0 aromatic heterocycles. The molecule has 0 bridgehead atoms. The monoisotopic (exact) mass is 250 g/mol. The molecule has 3 rings (SSSR count). The minimum absolute atomic E-state index is 0.226. The standard InChI is InChI=1S/C15H26N2O/c18-15-8-7-14(10-16-15)17-13-6-5-11-3-1-2-4-12(11)9-13/h11-14,17H,1-10H2,(H,16,18). The van der Waals surface area contributed by atoms with Crippen LogP contribution in [-0.2, 0) is 4.79 Å². The number of carbonyl (C=O) groups is 1. The number of nitrogens with one attached hydrogen (secondary N) is 2. The summed E-state index contributed by atoms with van der Waals surface area (Å²) in [4.78, 5) is 11.1. The van der Waals surface area contributed by atoms with Gasteiger partial charge in [0.05, 0.1) is 0 Å². The van der Waals surface area contributed by atoms with Gasteiger partial charge in [-0.05, 0) is 37.5 Å². The molecule has 1 aliphatic heterocycles. The summed E-state index contributed by atoms with van der Waals surface area (Å²) < 4.78 is 0. The van der Waals surface area contributed by atoms with Gasteiger partial charge in [0.15, 0.2) is 0 Å². The molecule has 18 heavy (non-hydrogen) atoms. The summed E-state index contributed by atoms with van der Waals surface area (Å²) in [6.07, 6.45) is 11.8. The van der Waals surface area contributed by atoms with Crippen molar-refractivity contribution in [1.29, 1.82) is 0 Å². The van der Waals surface area contributed by atoms with E-state index in [4.69, 9.17) is 0 Å². The molecule has 0 radical (unpaired) electrons. The van der Waals surface area contributed by atoms with Gasteiger partial charge in [0.2, 0.25) is 5.91 Å². The van der Waals surface area contributed by atoms with E-state index in [1.54, 1.807) is 0 Å². The number of fused-ring (bicyclic) bond motifs is 1. The van der Waals surface area contributed by atoms with E-state index in [0.29, 0.717) is 18.5 Å². The van der Waals surface area contributed by atoms with E-state index in [-0.39, 0.29) is 5.91 Å². The zero-order valence-corrected chi connectivity index (χ0v) is 11.3. The number of rotatable bonds is 2. The minimum atomic E-state index is 0.226. The van der Waals surface area contributed by atoms with Crippen molar-refractivity contribution in [1.82, 2.24) is 10.6 Å². The second-order valence-corrected chi connectivity index (χ2v) is 6.52. The molecule has 0 aromatic rings. The van der Waals surface area contributed by atoms with Gasteiger partial charge < -0.3 is 10.6 Å². The molecule has 2 N–H and O–H groups in total. The quantitative estimate of drug-likeness (QED) is 0.789. The second kappa shape index (κ2) is 5.60. The number of piperidine rings is 1. The Bertz CT molecular complexity index is 295. The van der Waals surface area contributed by atoms with Crippen molar-refractivity contribution in [3.05, 3.63) is 0 Å². The van der Waals surface area contributed by atoms with Crippen molar-refractivity contribution in [3.63, 3.8) is 0 Å². The van der Waals surface area contributed by atoms with Crippen LogP contribution in [0.25, 0.3) is 0 Å². The Morgan fingerprint density at radius 3 is 2.56 bits per heavy atom. The average molecular weight is 250 g/mol. The minimum Gasteiger partial charge on any atom is -0.355 e. The van der Waals surface area contributed by atoms with Crippen LogP contribution in [0.15, 0.2) is 0 Å². The van der Waals surface area contributed by atoms with Crippen molar-refractivity contribution in [2.45, 2.75) is 69.9 Å². The van der Waals surface area contributed by atoms with Gasteiger partial charge in [-0.3, -0.25) is 4.79 Å². The van der Waals surface area contributed by atoms with Crippen LogP contribution in [0.3, 0.4) is 0 Å². The molecular weight excluding hydrogens is 224 g/mol. The van der Waals surface area contributed by atoms with E-state index in [2.05, 4.69) is 10.6 Å². The maximum Gasteiger partial charge on any atom is 0.220 e. The van der Waals surface area contributed by atoms with Gasteiger partial charge in [-0.2, -0.15) is 0 Å². The van der Waals surface area contributed by atoms with E-state index >= 15 is 0 Å². The first-order chi connectivity index (χ1) is 8.81. The molecule has 0 spiro atoms. The molecule has 1 saturated heterocycles. The molecule has 3 heteroatoms. The Morgan fingerprint density at radius 2 is 1.78 bits per heavy atom. The Kier molecular flexibility index (Phi) is 3.88. The summed E-state index contributed by atoms with van der Waals surface area (Å²) in [5.41, 5.74) is 0. The van der Waals surface area contributed by atoms with Crippen molar-refractivity contribution in [3.8, 4) is 0 Å². The highest BCUT2D eigenvalue weighted by molar-refractivity contribution is 5.76. The third-order valence-corrected chi connectivity index (χ3v) is 5.28. The molecule has 102 valence electrons. The molecule has 4 unspecified atom stereocenters. The van der Waals surface area contributed by atoms with Crippen LogP contribution in [0.2, 0.25) is 0 Å². The number of hydrogen-bond acceptors (Lipinski definition) is 2. The third-order valence-electron chi connectivity index (χ3n) is 5.28. The van der Waals surface area contributed by atoms with Crippen LogP contribution in [-0.4, -0.2) is 24.5 Å². The van der Waals surface area contributed by atoms with E-state index in [9.17, 15) is 4.79 Å². The van der Waals surface area contributed by atoms with E-state index in [0.717, 1.165) is 24.8 Å². The first-order valence-electron chi connectivity index (χ1n) is 7.84. The van der Waals surface area contributed by atoms with Gasteiger partial charge in [0.1, 0.15) is 0 Å². The number of carbonyl (C=O) groups excluding carboxylic acids is 1. The van der Waals surface area contributed by atoms with E-state index < -0.39 is 0 Å². The predicted octanol–water partition coefficient (Wildman–Crippen LogP) is 2.21. The van der Waals surface area contributed by atoms with Gasteiger partial charge in [0, 0.05) is 25.0 Å². The summed E-state index contributed by atoms with van der Waals surface area (Å²) in [5, 5.41) is 6.77. The van der Waals surface area contributed by atoms with Gasteiger partial charge in [-0.25, -0.2) is 0 Å². The summed E-state index contributed by atoms with van der Waals surface area (Å²) in [6, 6.07) is 1.23. The topological polar surface area (TPSA) is 41.1 Å². The Morgan fingerprint density at radius 1 is 0.944 bits per heavy atom. The molecule has 1 amide bonds. The highest BCUT2D eigenvalue weighted by Gasteiger charge is 2.33. The van der Waals surface area contributed by atoms with Crippen molar-refractivity contribution < 1.29 is 4.79 Å². The third kappa shape index (κ3) is 2.87. The molecule has 4 atom stereocenters. The maximum absolute atomic E-state index is 11.1. The first kappa shape index (κ1) is 12.5. The van der Waals surface area contributed by atoms with Crippen molar-refractivity contribution in [2.75, 3.05) is 6.54 Å². The molecule has 0 aromatic carbocycles. The van der Waals surface area contributed by atoms with E-state index in [1.165, 1.54) is 44.9 Å². The summed E-state index contributed by atoms with van der Waals surface area (Å²) >= 11 is 0. The first-order valence-corrected chi connectivity index (χ1v) is 7.84. The van der Waals surface area contributed by atoms with Gasteiger partial charge in [-0.15, -0.1) is 0 Å². The van der Waals surface area contributed by atoms with Gasteiger partial charge in [-0.1, -0.05) is 25.7 Å². The Hall–Kier alpha value is -0.570. The lowest BCUT2D eigenvalue weighted by molar-refractivity contribution is -0.122. The lowest BCUT2D eigenvalue weighted by Gasteiger charge is -2.41. The molecule has 2 saturated carbocycles. The second-order valence-electron chi connectivity index (χ2n) is 6.52. The zero-order valence-electron chi connectivity index (χ0n) is 11.3. The maximum atomic E-state index is 11.1. The predicted molar refractivity (Wildman–Crippen MR) is 72.3 cm³/mol. The smallest absolute Gasteiger partial charge is 0.220 e. The largest absolute Gasteiger partial charge is 0.355 e. The fraction of sp³-hybridized carbons (Fsp3) is 0.933. The summed E-state index contributed by atoms with van der Waals surface area (Å²) in [6.45, 7) is 0.837. The van der Waals surface area contributed by atoms with Crippen LogP contribution in [0.5, 0.6) is 0 Å². The average Bonchev–Trinajstić information content (AvgIpc) is 2.41. The van der Waals surface area contributed by atoms with Crippen molar-refractivity contribution in [2.24, 2.45) is 11.8 Å². The van der Waals surface area contributed by atoms with Gasteiger partial charge in [0.25, 0.3) is 0 Å². The highest BCUT2D eigenvalue weighted by Crippen LogP contribution is 2.40. The van der Waals surface area contributed by atoms with Crippen molar-refractivity contribution >= 4 is 5.91 Å². The Labute approximate surface area is 110 Å². The fourth-order valence-corrected chi connectivity index (χ4v) is 4.23. The molecule has 3 aliphatic rings.